The van der Waals surface area contributed by atoms with E-state index in [1.165, 1.54) is 0 Å². The highest BCUT2D eigenvalue weighted by molar-refractivity contribution is 6.30. The molecule has 3 aromatic rings. The molecule has 7 rings (SSSR count). The van der Waals surface area contributed by atoms with Crippen LogP contribution in [0.4, 0.5) is 9.59 Å². The van der Waals surface area contributed by atoms with Crippen LogP contribution < -0.4 is 5.32 Å². The number of alkyl carbamates (subject to hydrolysis) is 1. The van der Waals surface area contributed by atoms with Crippen molar-refractivity contribution in [2.75, 3.05) is 32.8 Å². The number of hydrogen-bond acceptors (Lipinski definition) is 7. The van der Waals surface area contributed by atoms with Gasteiger partial charge in [-0.25, -0.2) is 14.6 Å². The number of piperazine rings is 1. The molecule has 0 unspecified atom stereocenters. The Labute approximate surface area is 262 Å². The van der Waals surface area contributed by atoms with Gasteiger partial charge in [0.15, 0.2) is 0 Å². The summed E-state index contributed by atoms with van der Waals surface area (Å²) in [5, 5.41) is 3.75. The Hall–Kier alpha value is -3.89. The maximum Gasteiger partial charge on any atom is 0.409 e. The van der Waals surface area contributed by atoms with Gasteiger partial charge in [0.25, 0.3) is 0 Å². The quantitative estimate of drug-likeness (QED) is 0.369. The zero-order valence-electron chi connectivity index (χ0n) is 25.0. The predicted molar refractivity (Wildman–Crippen MR) is 166 cm³/mol. The molecule has 1 N–H and O–H groups in total. The molecule has 3 fully saturated rings. The molecule has 2 amide bonds. The van der Waals surface area contributed by atoms with E-state index in [-0.39, 0.29) is 12.1 Å². The van der Waals surface area contributed by atoms with Gasteiger partial charge in [0.05, 0.1) is 42.6 Å². The summed E-state index contributed by atoms with van der Waals surface area (Å²) in [5.41, 5.74) is 5.05. The second-order valence-electron chi connectivity index (χ2n) is 12.6. The SMILES string of the molecule is Cn1cncc1[C@H](NC(=O)OC1(C)CC1)C1=Cc2cccnc2[C@@H](N2CCN(C(=O)OCC3CC3)CC2)c2ccc(Cl)cc21. The van der Waals surface area contributed by atoms with Crippen LogP contribution in [0.25, 0.3) is 11.6 Å². The summed E-state index contributed by atoms with van der Waals surface area (Å²) >= 11 is 6.67. The maximum atomic E-state index is 13.3. The Bertz CT molecular complexity index is 1600. The lowest BCUT2D eigenvalue weighted by Crippen LogP contribution is -2.50. The summed E-state index contributed by atoms with van der Waals surface area (Å²) in [6, 6.07) is 9.14. The largest absolute Gasteiger partial charge is 0.449 e. The second-order valence-corrected chi connectivity index (χ2v) is 13.0. The molecule has 1 aliphatic heterocycles. The van der Waals surface area contributed by atoms with Gasteiger partial charge in [0, 0.05) is 44.4 Å². The van der Waals surface area contributed by atoms with Gasteiger partial charge in [0.1, 0.15) is 5.60 Å². The fourth-order valence-electron chi connectivity index (χ4n) is 6.13. The third-order valence-electron chi connectivity index (χ3n) is 9.16. The standard InChI is InChI=1S/C33H37ClN6O4/c1-33(9-10-33)44-31(41)37-29(27-18-35-20-38(27)2)26-16-22-4-3-11-36-28(22)30(24-8-7-23(34)17-25(24)26)39-12-14-40(15-13-39)32(42)43-19-21-5-6-21/h3-4,7-8,11,16-18,20-21,29-30H,5-6,9-10,12-15,19H2,1-2H3,(H,37,41)/t29-,30+/m1/s1. The highest BCUT2D eigenvalue weighted by atomic mass is 35.5. The molecule has 44 heavy (non-hydrogen) atoms. The van der Waals surface area contributed by atoms with E-state index in [2.05, 4.69) is 33.4 Å². The number of nitrogens with zero attached hydrogens (tertiary/aromatic N) is 5. The first-order valence-electron chi connectivity index (χ1n) is 15.4. The first-order chi connectivity index (χ1) is 21.3. The molecular formula is C33H37ClN6O4. The van der Waals surface area contributed by atoms with Gasteiger partial charge in [-0.2, -0.15) is 0 Å². The molecule has 4 aliphatic rings. The van der Waals surface area contributed by atoms with Crippen LogP contribution in [0.3, 0.4) is 0 Å². The van der Waals surface area contributed by atoms with Gasteiger partial charge in [-0.1, -0.05) is 23.7 Å². The zero-order valence-corrected chi connectivity index (χ0v) is 25.8. The van der Waals surface area contributed by atoms with Crippen LogP contribution in [0.1, 0.15) is 72.8 Å². The number of fused-ring (bicyclic) bond motifs is 2. The number of carbonyl (C=O) groups is 2. The first-order valence-corrected chi connectivity index (χ1v) is 15.7. The van der Waals surface area contributed by atoms with Gasteiger partial charge >= 0.3 is 12.2 Å². The van der Waals surface area contributed by atoms with Crippen molar-refractivity contribution in [3.05, 3.63) is 82.2 Å². The van der Waals surface area contributed by atoms with Crippen LogP contribution in [-0.4, -0.2) is 74.9 Å². The highest BCUT2D eigenvalue weighted by Crippen LogP contribution is 2.45. The number of imidazole rings is 1. The summed E-state index contributed by atoms with van der Waals surface area (Å²) in [4.78, 5) is 39.5. The summed E-state index contributed by atoms with van der Waals surface area (Å²) in [6.07, 6.45) is 10.7. The van der Waals surface area contributed by atoms with E-state index in [1.807, 2.05) is 42.9 Å². The van der Waals surface area contributed by atoms with Crippen LogP contribution in [-0.2, 0) is 16.5 Å². The molecule has 0 radical (unpaired) electrons. The molecule has 2 atom stereocenters. The minimum atomic E-state index is -0.570. The van der Waals surface area contributed by atoms with E-state index in [1.54, 1.807) is 17.4 Å². The third kappa shape index (κ3) is 5.93. The van der Waals surface area contributed by atoms with Crippen molar-refractivity contribution < 1.29 is 19.1 Å². The van der Waals surface area contributed by atoms with E-state index in [9.17, 15) is 9.59 Å². The summed E-state index contributed by atoms with van der Waals surface area (Å²) < 4.78 is 13.3. The number of pyridine rings is 1. The van der Waals surface area contributed by atoms with E-state index in [4.69, 9.17) is 26.1 Å². The highest BCUT2D eigenvalue weighted by Gasteiger charge is 2.43. The Morgan fingerprint density at radius 3 is 2.66 bits per heavy atom. The van der Waals surface area contributed by atoms with Crippen LogP contribution in [0.15, 0.2) is 49.1 Å². The van der Waals surface area contributed by atoms with Crippen molar-refractivity contribution >= 4 is 35.4 Å². The normalized spacial score (nSPS) is 21.3. The number of benzene rings is 1. The Morgan fingerprint density at radius 1 is 1.16 bits per heavy atom. The Morgan fingerprint density at radius 2 is 1.95 bits per heavy atom. The number of hydrogen-bond donors (Lipinski definition) is 1. The third-order valence-corrected chi connectivity index (χ3v) is 9.39. The van der Waals surface area contributed by atoms with Gasteiger partial charge in [-0.15, -0.1) is 0 Å². The van der Waals surface area contributed by atoms with Gasteiger partial charge < -0.3 is 24.3 Å². The molecule has 0 spiro atoms. The minimum absolute atomic E-state index is 0.193. The molecule has 2 aromatic heterocycles. The molecule has 1 aromatic carbocycles. The van der Waals surface area contributed by atoms with E-state index >= 15 is 0 Å². The number of aromatic nitrogens is 3. The van der Waals surface area contributed by atoms with E-state index in [0.29, 0.717) is 43.7 Å². The average Bonchev–Trinajstić information content (AvgIpc) is 3.94. The summed E-state index contributed by atoms with van der Waals surface area (Å²) in [7, 11) is 1.91. The average molecular weight is 617 g/mol. The fourth-order valence-corrected chi connectivity index (χ4v) is 6.30. The first kappa shape index (κ1) is 28.9. The molecule has 11 heteroatoms. The number of halogens is 1. The van der Waals surface area contributed by atoms with Gasteiger partial charge in [0.2, 0.25) is 0 Å². The topological polar surface area (TPSA) is 102 Å². The number of amides is 2. The predicted octanol–water partition coefficient (Wildman–Crippen LogP) is 5.60. The van der Waals surface area contributed by atoms with Crippen molar-refractivity contribution in [3.8, 4) is 0 Å². The van der Waals surface area contributed by atoms with Crippen LogP contribution in [0.2, 0.25) is 5.02 Å². The second kappa shape index (κ2) is 11.6. The molecular weight excluding hydrogens is 580 g/mol. The van der Waals surface area contributed by atoms with E-state index < -0.39 is 17.7 Å². The lowest BCUT2D eigenvalue weighted by molar-refractivity contribution is 0.0656. The number of nitrogens with one attached hydrogen (secondary N) is 1. The van der Waals surface area contributed by atoms with E-state index in [0.717, 1.165) is 59.3 Å². The van der Waals surface area contributed by atoms with Crippen molar-refractivity contribution in [1.29, 1.82) is 0 Å². The number of aryl methyl sites for hydroxylation is 1. The van der Waals surface area contributed by atoms with Gasteiger partial charge in [-0.3, -0.25) is 9.88 Å². The molecule has 2 saturated carbocycles. The maximum absolute atomic E-state index is 13.3. The fraction of sp³-hybridized carbons (Fsp3) is 0.455. The minimum Gasteiger partial charge on any atom is -0.449 e. The zero-order chi connectivity index (χ0) is 30.4. The lowest BCUT2D eigenvalue weighted by atomic mass is 9.90. The summed E-state index contributed by atoms with van der Waals surface area (Å²) in [6.45, 7) is 4.91. The molecule has 3 aliphatic carbocycles. The van der Waals surface area contributed by atoms with Crippen molar-refractivity contribution in [2.45, 2.75) is 50.3 Å². The van der Waals surface area contributed by atoms with Crippen LogP contribution >= 0.6 is 11.6 Å². The molecule has 10 nitrogen and oxygen atoms in total. The van der Waals surface area contributed by atoms with Crippen molar-refractivity contribution in [2.24, 2.45) is 13.0 Å². The van der Waals surface area contributed by atoms with Crippen molar-refractivity contribution in [1.82, 2.24) is 29.7 Å². The molecule has 0 bridgehead atoms. The monoisotopic (exact) mass is 616 g/mol. The van der Waals surface area contributed by atoms with Gasteiger partial charge in [-0.05, 0) is 85.1 Å². The van der Waals surface area contributed by atoms with Crippen molar-refractivity contribution in [3.63, 3.8) is 0 Å². The molecule has 1 saturated heterocycles. The van der Waals surface area contributed by atoms with Crippen LogP contribution in [0, 0.1) is 5.92 Å². The number of carbonyl (C=O) groups excluding carboxylic acids is 2. The molecule has 230 valence electrons. The van der Waals surface area contributed by atoms with Crippen LogP contribution in [0.5, 0.6) is 0 Å². The number of rotatable bonds is 7. The summed E-state index contributed by atoms with van der Waals surface area (Å²) in [5.74, 6) is 0.530. The number of ether oxygens (including phenoxy) is 2. The molecule has 3 heterocycles. The lowest BCUT2D eigenvalue weighted by Gasteiger charge is -2.39. The Kier molecular flexibility index (Phi) is 7.58. The Balaban J connectivity index is 1.25. The smallest absolute Gasteiger partial charge is 0.409 e.